The summed E-state index contributed by atoms with van der Waals surface area (Å²) in [7, 11) is 1.72. The van der Waals surface area contributed by atoms with Crippen LogP contribution in [0.15, 0.2) is 17.2 Å². The van der Waals surface area contributed by atoms with Crippen LogP contribution in [0.2, 0.25) is 0 Å². The Hall–Kier alpha value is -1.36. The molecule has 1 rings (SSSR count). The first-order valence-electron chi connectivity index (χ1n) is 5.22. The van der Waals surface area contributed by atoms with E-state index in [9.17, 15) is 4.79 Å². The van der Waals surface area contributed by atoms with Gasteiger partial charge in [-0.05, 0) is 19.5 Å². The number of nitrogens with one attached hydrogen (secondary N) is 2. The number of aromatic nitrogens is 2. The molecule has 15 heavy (non-hydrogen) atoms. The SMILES string of the molecule is CCNCCCNc1nccn(C)c1=O. The first kappa shape index (κ1) is 11.7. The highest BCUT2D eigenvalue weighted by Gasteiger charge is 1.99. The van der Waals surface area contributed by atoms with Gasteiger partial charge in [0.2, 0.25) is 0 Å². The molecule has 0 spiro atoms. The van der Waals surface area contributed by atoms with Crippen molar-refractivity contribution in [1.82, 2.24) is 14.9 Å². The lowest BCUT2D eigenvalue weighted by Crippen LogP contribution is -2.24. The van der Waals surface area contributed by atoms with E-state index in [4.69, 9.17) is 0 Å². The predicted octanol–water partition coefficient (Wildman–Crippen LogP) is 0.192. The van der Waals surface area contributed by atoms with Gasteiger partial charge in [0, 0.05) is 26.0 Å². The van der Waals surface area contributed by atoms with Gasteiger partial charge < -0.3 is 15.2 Å². The van der Waals surface area contributed by atoms with E-state index in [2.05, 4.69) is 22.5 Å². The lowest BCUT2D eigenvalue weighted by atomic mass is 10.4. The molecular weight excluding hydrogens is 192 g/mol. The van der Waals surface area contributed by atoms with Gasteiger partial charge in [-0.15, -0.1) is 0 Å². The number of rotatable bonds is 6. The molecule has 0 bridgehead atoms. The Morgan fingerprint density at radius 1 is 1.47 bits per heavy atom. The van der Waals surface area contributed by atoms with Crippen LogP contribution in [-0.4, -0.2) is 29.2 Å². The maximum Gasteiger partial charge on any atom is 0.293 e. The van der Waals surface area contributed by atoms with Crippen LogP contribution in [0.3, 0.4) is 0 Å². The Balaban J connectivity index is 2.38. The van der Waals surface area contributed by atoms with Crippen LogP contribution in [-0.2, 0) is 7.05 Å². The maximum absolute atomic E-state index is 11.5. The molecule has 2 N–H and O–H groups in total. The van der Waals surface area contributed by atoms with Crippen molar-refractivity contribution < 1.29 is 0 Å². The molecule has 0 saturated carbocycles. The van der Waals surface area contributed by atoms with Crippen molar-refractivity contribution in [3.05, 3.63) is 22.7 Å². The molecule has 1 aromatic heterocycles. The van der Waals surface area contributed by atoms with Gasteiger partial charge in [0.15, 0.2) is 5.82 Å². The standard InChI is InChI=1S/C10H18N4O/c1-3-11-5-4-6-12-9-10(15)14(2)8-7-13-9/h7-8,11H,3-6H2,1-2H3,(H,12,13). The molecule has 0 amide bonds. The highest BCUT2D eigenvalue weighted by molar-refractivity contribution is 5.30. The normalized spacial score (nSPS) is 10.3. The van der Waals surface area contributed by atoms with Crippen molar-refractivity contribution >= 4 is 5.82 Å². The summed E-state index contributed by atoms with van der Waals surface area (Å²) >= 11 is 0. The second-order valence-electron chi connectivity index (χ2n) is 3.33. The average molecular weight is 210 g/mol. The van der Waals surface area contributed by atoms with Gasteiger partial charge in [-0.2, -0.15) is 0 Å². The summed E-state index contributed by atoms with van der Waals surface area (Å²) in [4.78, 5) is 15.5. The number of anilines is 1. The molecule has 0 radical (unpaired) electrons. The van der Waals surface area contributed by atoms with E-state index < -0.39 is 0 Å². The zero-order valence-corrected chi connectivity index (χ0v) is 9.29. The van der Waals surface area contributed by atoms with E-state index >= 15 is 0 Å². The van der Waals surface area contributed by atoms with E-state index in [-0.39, 0.29) is 5.56 Å². The molecular formula is C10H18N4O. The zero-order chi connectivity index (χ0) is 11.1. The summed E-state index contributed by atoms with van der Waals surface area (Å²) in [5.41, 5.74) is -0.0825. The molecule has 0 unspecified atom stereocenters. The first-order chi connectivity index (χ1) is 7.25. The molecule has 5 nitrogen and oxygen atoms in total. The molecule has 0 saturated heterocycles. The smallest absolute Gasteiger partial charge is 0.293 e. The largest absolute Gasteiger partial charge is 0.365 e. The van der Waals surface area contributed by atoms with E-state index in [1.165, 1.54) is 4.57 Å². The Morgan fingerprint density at radius 3 is 3.00 bits per heavy atom. The predicted molar refractivity (Wildman–Crippen MR) is 61.1 cm³/mol. The van der Waals surface area contributed by atoms with E-state index in [1.807, 2.05) is 0 Å². The van der Waals surface area contributed by atoms with Crippen LogP contribution in [0.1, 0.15) is 13.3 Å². The number of nitrogens with zero attached hydrogens (tertiary/aromatic N) is 2. The fourth-order valence-corrected chi connectivity index (χ4v) is 1.22. The number of aryl methyl sites for hydroxylation is 1. The van der Waals surface area contributed by atoms with Crippen molar-refractivity contribution in [2.24, 2.45) is 7.05 Å². The van der Waals surface area contributed by atoms with Crippen molar-refractivity contribution in [2.45, 2.75) is 13.3 Å². The minimum Gasteiger partial charge on any atom is -0.365 e. The Morgan fingerprint density at radius 2 is 2.27 bits per heavy atom. The van der Waals surface area contributed by atoms with Crippen molar-refractivity contribution in [3.63, 3.8) is 0 Å². The molecule has 84 valence electrons. The lowest BCUT2D eigenvalue weighted by molar-refractivity contribution is 0.687. The van der Waals surface area contributed by atoms with Crippen LogP contribution in [0, 0.1) is 0 Å². The molecule has 5 heteroatoms. The van der Waals surface area contributed by atoms with Gasteiger partial charge in [-0.3, -0.25) is 4.79 Å². The quantitative estimate of drug-likeness (QED) is 0.658. The molecule has 1 aromatic rings. The van der Waals surface area contributed by atoms with Gasteiger partial charge in [0.05, 0.1) is 0 Å². The molecule has 0 fully saturated rings. The minimum atomic E-state index is -0.0825. The van der Waals surface area contributed by atoms with Gasteiger partial charge in [0.25, 0.3) is 5.56 Å². The highest BCUT2D eigenvalue weighted by atomic mass is 16.1. The summed E-state index contributed by atoms with van der Waals surface area (Å²) in [6.45, 7) is 4.77. The molecule has 0 aliphatic carbocycles. The van der Waals surface area contributed by atoms with Gasteiger partial charge >= 0.3 is 0 Å². The molecule has 0 atom stereocenters. The van der Waals surface area contributed by atoms with Crippen LogP contribution in [0.25, 0.3) is 0 Å². The first-order valence-corrected chi connectivity index (χ1v) is 5.22. The summed E-state index contributed by atoms with van der Waals surface area (Å²) < 4.78 is 1.51. The summed E-state index contributed by atoms with van der Waals surface area (Å²) in [6.07, 6.45) is 4.24. The third kappa shape index (κ3) is 3.71. The van der Waals surface area contributed by atoms with Gasteiger partial charge in [-0.1, -0.05) is 6.92 Å². The summed E-state index contributed by atoms with van der Waals surface area (Å²) in [5.74, 6) is 0.427. The van der Waals surface area contributed by atoms with E-state index in [0.29, 0.717) is 5.82 Å². The van der Waals surface area contributed by atoms with Crippen molar-refractivity contribution in [3.8, 4) is 0 Å². The monoisotopic (exact) mass is 210 g/mol. The number of hydrogen-bond donors (Lipinski definition) is 2. The Bertz CT molecular complexity index is 348. The molecule has 0 aliphatic heterocycles. The zero-order valence-electron chi connectivity index (χ0n) is 9.29. The van der Waals surface area contributed by atoms with Crippen LogP contribution in [0.4, 0.5) is 5.82 Å². The molecule has 1 heterocycles. The molecule has 0 aromatic carbocycles. The lowest BCUT2D eigenvalue weighted by Gasteiger charge is -2.05. The van der Waals surface area contributed by atoms with Crippen molar-refractivity contribution in [1.29, 1.82) is 0 Å². The van der Waals surface area contributed by atoms with Gasteiger partial charge in [-0.25, -0.2) is 4.98 Å². The Kier molecular flexibility index (Phi) is 4.83. The van der Waals surface area contributed by atoms with E-state index in [1.54, 1.807) is 19.4 Å². The van der Waals surface area contributed by atoms with E-state index in [0.717, 1.165) is 26.1 Å². The third-order valence-electron chi connectivity index (χ3n) is 2.09. The average Bonchev–Trinajstić information content (AvgIpc) is 2.24. The third-order valence-corrected chi connectivity index (χ3v) is 2.09. The van der Waals surface area contributed by atoms with Crippen molar-refractivity contribution in [2.75, 3.05) is 25.0 Å². The fraction of sp³-hybridized carbons (Fsp3) is 0.600. The second kappa shape index (κ2) is 6.19. The summed E-state index contributed by atoms with van der Waals surface area (Å²) in [5, 5.41) is 6.24. The maximum atomic E-state index is 11.5. The Labute approximate surface area is 89.5 Å². The molecule has 0 aliphatic rings. The van der Waals surface area contributed by atoms with Gasteiger partial charge in [0.1, 0.15) is 0 Å². The second-order valence-corrected chi connectivity index (χ2v) is 3.33. The topological polar surface area (TPSA) is 59.0 Å². The number of hydrogen-bond acceptors (Lipinski definition) is 4. The van der Waals surface area contributed by atoms with Crippen LogP contribution < -0.4 is 16.2 Å². The van der Waals surface area contributed by atoms with Crippen LogP contribution in [0.5, 0.6) is 0 Å². The minimum absolute atomic E-state index is 0.0825. The summed E-state index contributed by atoms with van der Waals surface area (Å²) in [6, 6.07) is 0. The highest BCUT2D eigenvalue weighted by Crippen LogP contribution is 1.91. The van der Waals surface area contributed by atoms with Crippen LogP contribution >= 0.6 is 0 Å². The fourth-order valence-electron chi connectivity index (χ4n) is 1.22.